The fourth-order valence-electron chi connectivity index (χ4n) is 6.80. The van der Waals surface area contributed by atoms with Crippen LogP contribution in [-0.4, -0.2) is 48.6 Å². The third-order valence-electron chi connectivity index (χ3n) is 7.79. The van der Waals surface area contributed by atoms with Crippen molar-refractivity contribution < 1.29 is 4.79 Å². The molecular weight excluding hydrogens is 334 g/mol. The monoisotopic (exact) mass is 367 g/mol. The first-order valence-electron chi connectivity index (χ1n) is 11.0. The van der Waals surface area contributed by atoms with Crippen molar-refractivity contribution in [2.24, 2.45) is 17.8 Å². The molecule has 1 aromatic rings. The van der Waals surface area contributed by atoms with Gasteiger partial charge in [0.1, 0.15) is 0 Å². The number of carbonyl (C=O) groups is 1. The minimum Gasteiger partial charge on any atom is -0.369 e. The van der Waals surface area contributed by atoms with Gasteiger partial charge in [-0.3, -0.25) is 9.69 Å². The summed E-state index contributed by atoms with van der Waals surface area (Å²) in [6.07, 6.45) is 7.97. The van der Waals surface area contributed by atoms with Gasteiger partial charge in [-0.05, 0) is 75.3 Å². The highest BCUT2D eigenvalue weighted by Gasteiger charge is 2.51. The smallest absolute Gasteiger partial charge is 0.237 e. The Bertz CT molecular complexity index is 645. The lowest BCUT2D eigenvalue weighted by Gasteiger charge is -2.57. The third-order valence-corrected chi connectivity index (χ3v) is 7.79. The first-order valence-corrected chi connectivity index (χ1v) is 11.0. The molecule has 1 atom stereocenters. The molecule has 0 unspecified atom stereocenters. The Morgan fingerprint density at radius 3 is 2.07 bits per heavy atom. The molecule has 1 aliphatic heterocycles. The van der Waals surface area contributed by atoms with Gasteiger partial charge in [0.15, 0.2) is 0 Å². The molecule has 0 radical (unpaired) electrons. The van der Waals surface area contributed by atoms with Gasteiger partial charge in [0.05, 0.1) is 6.04 Å². The number of hydrogen-bond acceptors (Lipinski definition) is 3. The predicted molar refractivity (Wildman–Crippen MR) is 109 cm³/mol. The van der Waals surface area contributed by atoms with E-state index in [0.29, 0.717) is 0 Å². The Morgan fingerprint density at radius 1 is 0.963 bits per heavy atom. The number of hydrogen-bond donors (Lipinski definition) is 1. The molecule has 4 bridgehead atoms. The van der Waals surface area contributed by atoms with Gasteiger partial charge in [0.2, 0.25) is 5.91 Å². The van der Waals surface area contributed by atoms with E-state index >= 15 is 0 Å². The fourth-order valence-corrected chi connectivity index (χ4v) is 6.80. The normalized spacial score (nSPS) is 36.6. The number of benzene rings is 1. The van der Waals surface area contributed by atoms with Crippen LogP contribution in [0.3, 0.4) is 0 Å². The molecule has 1 amide bonds. The molecule has 4 nitrogen and oxygen atoms in total. The van der Waals surface area contributed by atoms with E-state index in [2.05, 4.69) is 52.4 Å². The Hall–Kier alpha value is -1.55. The topological polar surface area (TPSA) is 35.6 Å². The van der Waals surface area contributed by atoms with E-state index in [0.717, 1.165) is 43.9 Å². The summed E-state index contributed by atoms with van der Waals surface area (Å²) in [5.74, 6) is 2.90. The van der Waals surface area contributed by atoms with E-state index in [1.807, 2.05) is 0 Å². The van der Waals surface area contributed by atoms with E-state index in [1.54, 1.807) is 0 Å². The second-order valence-electron chi connectivity index (χ2n) is 9.72. The second-order valence-corrected chi connectivity index (χ2v) is 9.72. The summed E-state index contributed by atoms with van der Waals surface area (Å²) in [6, 6.07) is 10.6. The Morgan fingerprint density at radius 2 is 1.52 bits per heavy atom. The molecule has 6 rings (SSSR count). The average molecular weight is 368 g/mol. The molecule has 5 fully saturated rings. The molecule has 0 spiro atoms. The number of carbonyl (C=O) groups excluding carboxylic acids is 1. The summed E-state index contributed by atoms with van der Waals surface area (Å²) in [4.78, 5) is 17.9. The zero-order valence-electron chi connectivity index (χ0n) is 16.6. The number of para-hydroxylation sites is 1. The highest BCUT2D eigenvalue weighted by Crippen LogP contribution is 2.55. The van der Waals surface area contributed by atoms with Gasteiger partial charge < -0.3 is 10.2 Å². The molecule has 27 heavy (non-hydrogen) atoms. The van der Waals surface area contributed by atoms with Gasteiger partial charge in [0.25, 0.3) is 0 Å². The summed E-state index contributed by atoms with van der Waals surface area (Å²) >= 11 is 0. The van der Waals surface area contributed by atoms with Crippen molar-refractivity contribution in [2.45, 2.75) is 57.0 Å². The fraction of sp³-hybridized carbons (Fsp3) is 0.696. The van der Waals surface area contributed by atoms with Crippen LogP contribution >= 0.6 is 0 Å². The van der Waals surface area contributed by atoms with E-state index < -0.39 is 0 Å². The number of nitrogens with one attached hydrogen (secondary N) is 1. The van der Waals surface area contributed by atoms with E-state index in [4.69, 9.17) is 0 Å². The number of nitrogens with zero attached hydrogens (tertiary/aromatic N) is 2. The zero-order chi connectivity index (χ0) is 18.4. The number of anilines is 1. The van der Waals surface area contributed by atoms with Crippen molar-refractivity contribution in [3.8, 4) is 0 Å². The molecule has 4 saturated carbocycles. The van der Waals surface area contributed by atoms with Gasteiger partial charge >= 0.3 is 0 Å². The molecule has 5 aliphatic rings. The molecule has 146 valence electrons. The van der Waals surface area contributed by atoms with Crippen LogP contribution in [0.15, 0.2) is 30.3 Å². The molecule has 4 heteroatoms. The number of piperazine rings is 1. The highest BCUT2D eigenvalue weighted by molar-refractivity contribution is 5.82. The van der Waals surface area contributed by atoms with Crippen molar-refractivity contribution in [2.75, 3.05) is 31.1 Å². The first kappa shape index (κ1) is 17.5. The van der Waals surface area contributed by atoms with Crippen LogP contribution in [0.4, 0.5) is 5.69 Å². The zero-order valence-corrected chi connectivity index (χ0v) is 16.6. The minimum absolute atomic E-state index is 0.0177. The van der Waals surface area contributed by atoms with E-state index in [9.17, 15) is 4.79 Å². The van der Waals surface area contributed by atoms with Crippen LogP contribution in [0.5, 0.6) is 0 Å². The molecular formula is C23H33N3O. The summed E-state index contributed by atoms with van der Waals surface area (Å²) in [5.41, 5.74) is 1.43. The molecule has 0 aromatic heterocycles. The molecule has 4 aliphatic carbocycles. The van der Waals surface area contributed by atoms with Crippen molar-refractivity contribution in [3.63, 3.8) is 0 Å². The van der Waals surface area contributed by atoms with Crippen molar-refractivity contribution in [3.05, 3.63) is 30.3 Å². The van der Waals surface area contributed by atoms with Gasteiger partial charge in [-0.25, -0.2) is 0 Å². The van der Waals surface area contributed by atoms with Crippen LogP contribution in [0.1, 0.15) is 45.4 Å². The third kappa shape index (κ3) is 3.37. The molecule has 1 N–H and O–H groups in total. The lowest BCUT2D eigenvalue weighted by molar-refractivity contribution is -0.131. The van der Waals surface area contributed by atoms with Gasteiger partial charge in [-0.1, -0.05) is 18.2 Å². The van der Waals surface area contributed by atoms with Gasteiger partial charge in [-0.15, -0.1) is 0 Å². The predicted octanol–water partition coefficient (Wildman–Crippen LogP) is 3.28. The molecule has 1 heterocycles. The van der Waals surface area contributed by atoms with Crippen molar-refractivity contribution in [1.29, 1.82) is 0 Å². The van der Waals surface area contributed by atoms with E-state index in [-0.39, 0.29) is 17.5 Å². The van der Waals surface area contributed by atoms with Crippen LogP contribution in [0, 0.1) is 17.8 Å². The van der Waals surface area contributed by atoms with Crippen molar-refractivity contribution >= 4 is 11.6 Å². The molecule has 1 aromatic carbocycles. The van der Waals surface area contributed by atoms with Crippen LogP contribution < -0.4 is 10.2 Å². The number of rotatable bonds is 4. The minimum atomic E-state index is -0.0177. The average Bonchev–Trinajstić information content (AvgIpc) is 2.67. The standard InChI is InChI=1S/C23H33N3O/c1-17(25-7-9-26(10-8-25)21-5-3-2-4-6-21)22(27)24-23-14-18-11-19(15-23)13-20(12-18)16-23/h2-6,17-20H,7-16H2,1H3,(H,24,27)/t17-,18?,19?,20?,23?/m0/s1. The lowest BCUT2D eigenvalue weighted by atomic mass is 9.53. The SMILES string of the molecule is C[C@@H](C(=O)NC12CC3CC(CC(C3)C1)C2)N1CCN(c2ccccc2)CC1. The van der Waals surface area contributed by atoms with Crippen LogP contribution in [0.2, 0.25) is 0 Å². The Balaban J connectivity index is 1.18. The summed E-state index contributed by atoms with van der Waals surface area (Å²) in [7, 11) is 0. The van der Waals surface area contributed by atoms with Crippen molar-refractivity contribution in [1.82, 2.24) is 10.2 Å². The maximum Gasteiger partial charge on any atom is 0.237 e. The quantitative estimate of drug-likeness (QED) is 0.887. The largest absolute Gasteiger partial charge is 0.369 e. The number of amides is 1. The summed E-state index contributed by atoms with van der Waals surface area (Å²) in [6.45, 7) is 6.03. The summed E-state index contributed by atoms with van der Waals surface area (Å²) < 4.78 is 0. The molecule has 1 saturated heterocycles. The van der Waals surface area contributed by atoms with E-state index in [1.165, 1.54) is 44.2 Å². The Kier molecular flexibility index (Phi) is 4.42. The lowest BCUT2D eigenvalue weighted by Crippen LogP contribution is -2.63. The second kappa shape index (κ2) is 6.80. The van der Waals surface area contributed by atoms with Crippen LogP contribution in [0.25, 0.3) is 0 Å². The first-order chi connectivity index (χ1) is 13.1. The van der Waals surface area contributed by atoms with Gasteiger partial charge in [-0.2, -0.15) is 0 Å². The van der Waals surface area contributed by atoms with Gasteiger partial charge in [0, 0.05) is 37.4 Å². The maximum absolute atomic E-state index is 13.1. The highest BCUT2D eigenvalue weighted by atomic mass is 16.2. The summed E-state index contributed by atoms with van der Waals surface area (Å²) in [5, 5.41) is 3.57. The van der Waals surface area contributed by atoms with Crippen LogP contribution in [-0.2, 0) is 4.79 Å². The Labute approximate surface area is 163 Å². The maximum atomic E-state index is 13.1.